The summed E-state index contributed by atoms with van der Waals surface area (Å²) in [7, 11) is 0. The number of ether oxygens (including phenoxy) is 1. The minimum Gasteiger partial charge on any atom is -0.462 e. The molecule has 4 heteroatoms. The van der Waals surface area contributed by atoms with E-state index < -0.39 is 18.2 Å². The van der Waals surface area contributed by atoms with E-state index in [1.54, 1.807) is 6.92 Å². The van der Waals surface area contributed by atoms with Gasteiger partial charge in [-0.05, 0) is 13.3 Å². The number of aliphatic hydroxyl groups is 2. The molecule has 2 atom stereocenters. The molecule has 0 saturated carbocycles. The molecule has 0 aliphatic heterocycles. The quantitative estimate of drug-likeness (QED) is 0.492. The van der Waals surface area contributed by atoms with Crippen LogP contribution in [0.25, 0.3) is 0 Å². The molecule has 0 spiro atoms. The molecule has 0 rings (SSSR count). The highest BCUT2D eigenvalue weighted by atomic mass is 16.5. The van der Waals surface area contributed by atoms with Crippen molar-refractivity contribution in [2.45, 2.75) is 45.3 Å². The van der Waals surface area contributed by atoms with Crippen LogP contribution in [0.2, 0.25) is 0 Å². The van der Waals surface area contributed by atoms with E-state index in [9.17, 15) is 9.90 Å². The van der Waals surface area contributed by atoms with Gasteiger partial charge in [-0.2, -0.15) is 0 Å². The second-order valence-corrected chi connectivity index (χ2v) is 3.64. The fourth-order valence-corrected chi connectivity index (χ4v) is 0.936. The van der Waals surface area contributed by atoms with Crippen LogP contribution in [0.5, 0.6) is 0 Å². The zero-order valence-corrected chi connectivity index (χ0v) is 9.40. The molecular weight excluding hydrogens is 196 g/mol. The molecule has 15 heavy (non-hydrogen) atoms. The predicted octanol–water partition coefficient (Wildman–Crippen LogP) is 1.02. The van der Waals surface area contributed by atoms with Crippen molar-refractivity contribution in [1.29, 1.82) is 0 Å². The van der Waals surface area contributed by atoms with Crippen LogP contribution in [0.15, 0.2) is 12.2 Å². The topological polar surface area (TPSA) is 66.8 Å². The minimum absolute atomic E-state index is 0.178. The molecule has 0 saturated heterocycles. The van der Waals surface area contributed by atoms with Crippen LogP contribution in [0, 0.1) is 0 Å². The molecule has 2 N–H and O–H groups in total. The first kappa shape index (κ1) is 14.1. The summed E-state index contributed by atoms with van der Waals surface area (Å²) in [6.07, 6.45) is 0.216. The number of carbonyl (C=O) groups excluding carboxylic acids is 1. The Hall–Kier alpha value is -0.870. The van der Waals surface area contributed by atoms with Crippen LogP contribution in [-0.4, -0.2) is 35.0 Å². The third kappa shape index (κ3) is 7.11. The molecule has 0 aromatic heterocycles. The standard InChI is InChI=1S/C11H20O4/c1-4-10(13)7-8(2)11(14)15-6-5-9(3)12/h9-10,12-13H,2,4-7H2,1,3H3. The average Bonchev–Trinajstić information content (AvgIpc) is 2.16. The molecule has 0 heterocycles. The maximum atomic E-state index is 11.3. The van der Waals surface area contributed by atoms with Crippen LogP contribution in [0.1, 0.15) is 33.1 Å². The van der Waals surface area contributed by atoms with Gasteiger partial charge >= 0.3 is 5.97 Å². The zero-order chi connectivity index (χ0) is 11.8. The van der Waals surface area contributed by atoms with Gasteiger partial charge in [-0.25, -0.2) is 4.79 Å². The molecule has 0 aliphatic carbocycles. The highest BCUT2D eigenvalue weighted by Crippen LogP contribution is 2.08. The van der Waals surface area contributed by atoms with E-state index in [0.29, 0.717) is 12.8 Å². The Morgan fingerprint density at radius 2 is 2.07 bits per heavy atom. The summed E-state index contributed by atoms with van der Waals surface area (Å²) in [6.45, 7) is 7.18. The Kier molecular flexibility index (Phi) is 6.99. The summed E-state index contributed by atoms with van der Waals surface area (Å²) in [6, 6.07) is 0. The molecule has 0 aromatic carbocycles. The van der Waals surface area contributed by atoms with Crippen LogP contribution < -0.4 is 0 Å². The molecule has 0 fully saturated rings. The van der Waals surface area contributed by atoms with E-state index in [0.717, 1.165) is 0 Å². The molecule has 0 radical (unpaired) electrons. The summed E-state index contributed by atoms with van der Waals surface area (Å²) in [5.74, 6) is -0.497. The molecule has 0 aliphatic rings. The smallest absolute Gasteiger partial charge is 0.333 e. The molecule has 4 nitrogen and oxygen atoms in total. The van der Waals surface area contributed by atoms with Gasteiger partial charge in [0.05, 0.1) is 18.8 Å². The lowest BCUT2D eigenvalue weighted by atomic mass is 10.1. The van der Waals surface area contributed by atoms with Crippen molar-refractivity contribution in [2.24, 2.45) is 0 Å². The van der Waals surface area contributed by atoms with Crippen molar-refractivity contribution in [2.75, 3.05) is 6.61 Å². The van der Waals surface area contributed by atoms with E-state index in [1.165, 1.54) is 0 Å². The monoisotopic (exact) mass is 216 g/mol. The lowest BCUT2D eigenvalue weighted by Gasteiger charge is -2.10. The van der Waals surface area contributed by atoms with Gasteiger partial charge in [0.15, 0.2) is 0 Å². The van der Waals surface area contributed by atoms with Gasteiger partial charge in [0.25, 0.3) is 0 Å². The number of hydrogen-bond donors (Lipinski definition) is 2. The van der Waals surface area contributed by atoms with Gasteiger partial charge < -0.3 is 14.9 Å². The first-order valence-corrected chi connectivity index (χ1v) is 5.18. The highest BCUT2D eigenvalue weighted by molar-refractivity contribution is 5.87. The number of esters is 1. The maximum absolute atomic E-state index is 11.3. The van der Waals surface area contributed by atoms with Crippen molar-refractivity contribution in [1.82, 2.24) is 0 Å². The molecule has 0 aromatic rings. The number of aliphatic hydroxyl groups excluding tert-OH is 2. The number of hydrogen-bond acceptors (Lipinski definition) is 4. The normalized spacial score (nSPS) is 14.4. The summed E-state index contributed by atoms with van der Waals surface area (Å²) < 4.78 is 4.85. The Balaban J connectivity index is 3.75. The fraction of sp³-hybridized carbons (Fsp3) is 0.727. The van der Waals surface area contributed by atoms with Crippen LogP contribution in [0.3, 0.4) is 0 Å². The van der Waals surface area contributed by atoms with Crippen LogP contribution in [-0.2, 0) is 9.53 Å². The second-order valence-electron chi connectivity index (χ2n) is 3.64. The number of carbonyl (C=O) groups is 1. The second kappa shape index (κ2) is 7.43. The van der Waals surface area contributed by atoms with E-state index in [1.807, 2.05) is 6.92 Å². The molecule has 88 valence electrons. The van der Waals surface area contributed by atoms with Gasteiger partial charge in [-0.15, -0.1) is 0 Å². The summed E-state index contributed by atoms with van der Waals surface area (Å²) in [5, 5.41) is 18.2. The van der Waals surface area contributed by atoms with Gasteiger partial charge in [-0.3, -0.25) is 0 Å². The van der Waals surface area contributed by atoms with Gasteiger partial charge in [0.2, 0.25) is 0 Å². The Bertz CT molecular complexity index is 211. The van der Waals surface area contributed by atoms with Gasteiger partial charge in [0, 0.05) is 18.4 Å². The number of rotatable bonds is 7. The first-order valence-electron chi connectivity index (χ1n) is 5.18. The van der Waals surface area contributed by atoms with Crippen LogP contribution >= 0.6 is 0 Å². The first-order chi connectivity index (χ1) is 6.97. The van der Waals surface area contributed by atoms with Gasteiger partial charge in [0.1, 0.15) is 0 Å². The average molecular weight is 216 g/mol. The molecular formula is C11H20O4. The lowest BCUT2D eigenvalue weighted by Crippen LogP contribution is -2.15. The summed E-state index contributed by atoms with van der Waals surface area (Å²) in [4.78, 5) is 11.3. The van der Waals surface area contributed by atoms with Gasteiger partial charge in [-0.1, -0.05) is 13.5 Å². The summed E-state index contributed by atoms with van der Waals surface area (Å²) in [5.41, 5.74) is 0.273. The Morgan fingerprint density at radius 3 is 2.53 bits per heavy atom. The Labute approximate surface area is 90.6 Å². The lowest BCUT2D eigenvalue weighted by molar-refractivity contribution is -0.140. The third-order valence-electron chi connectivity index (χ3n) is 2.01. The van der Waals surface area contributed by atoms with Crippen molar-refractivity contribution < 1.29 is 19.7 Å². The SMILES string of the molecule is C=C(CC(O)CC)C(=O)OCCC(C)O. The van der Waals surface area contributed by atoms with Crippen molar-refractivity contribution in [3.05, 3.63) is 12.2 Å². The molecule has 0 amide bonds. The van der Waals surface area contributed by atoms with E-state index >= 15 is 0 Å². The predicted molar refractivity (Wildman–Crippen MR) is 57.3 cm³/mol. The molecule has 2 unspecified atom stereocenters. The van der Waals surface area contributed by atoms with Crippen molar-refractivity contribution in [3.8, 4) is 0 Å². The molecule has 0 bridgehead atoms. The van der Waals surface area contributed by atoms with Crippen molar-refractivity contribution in [3.63, 3.8) is 0 Å². The van der Waals surface area contributed by atoms with E-state index in [2.05, 4.69) is 6.58 Å². The maximum Gasteiger partial charge on any atom is 0.333 e. The summed E-state index contributed by atoms with van der Waals surface area (Å²) >= 11 is 0. The van der Waals surface area contributed by atoms with Crippen LogP contribution in [0.4, 0.5) is 0 Å². The Morgan fingerprint density at radius 1 is 1.47 bits per heavy atom. The fourth-order valence-electron chi connectivity index (χ4n) is 0.936. The largest absolute Gasteiger partial charge is 0.462 e. The minimum atomic E-state index is -0.540. The van der Waals surface area contributed by atoms with E-state index in [4.69, 9.17) is 9.84 Å². The third-order valence-corrected chi connectivity index (χ3v) is 2.01. The van der Waals surface area contributed by atoms with Crippen molar-refractivity contribution >= 4 is 5.97 Å². The highest BCUT2D eigenvalue weighted by Gasteiger charge is 2.12. The van der Waals surface area contributed by atoms with E-state index in [-0.39, 0.29) is 18.6 Å². The zero-order valence-electron chi connectivity index (χ0n) is 9.40.